The van der Waals surface area contributed by atoms with Gasteiger partial charge in [-0.1, -0.05) is 12.1 Å². The van der Waals surface area contributed by atoms with Crippen LogP contribution in [-0.4, -0.2) is 18.8 Å². The number of hydrogen-bond acceptors (Lipinski definition) is 3. The lowest BCUT2D eigenvalue weighted by Crippen LogP contribution is -2.33. The van der Waals surface area contributed by atoms with Gasteiger partial charge in [0.2, 0.25) is 0 Å². The van der Waals surface area contributed by atoms with Crippen LogP contribution in [0.2, 0.25) is 0 Å². The van der Waals surface area contributed by atoms with Gasteiger partial charge in [-0.05, 0) is 44.0 Å². The van der Waals surface area contributed by atoms with Gasteiger partial charge >= 0.3 is 0 Å². The van der Waals surface area contributed by atoms with Gasteiger partial charge in [0.25, 0.3) is 0 Å². The van der Waals surface area contributed by atoms with Crippen LogP contribution in [0.3, 0.4) is 0 Å². The van der Waals surface area contributed by atoms with Crippen LogP contribution in [0.4, 0.5) is 4.39 Å². The van der Waals surface area contributed by atoms with Crippen LogP contribution in [0, 0.1) is 12.7 Å². The summed E-state index contributed by atoms with van der Waals surface area (Å²) in [5.41, 5.74) is 1.42. The second-order valence-electron chi connectivity index (χ2n) is 5.53. The predicted octanol–water partition coefficient (Wildman–Crippen LogP) is 3.66. The highest BCUT2D eigenvalue weighted by Gasteiger charge is 2.23. The summed E-state index contributed by atoms with van der Waals surface area (Å²) in [5.74, 6) is 1.35. The molecule has 0 spiro atoms. The molecule has 21 heavy (non-hydrogen) atoms. The molecule has 1 saturated heterocycles. The van der Waals surface area contributed by atoms with Crippen LogP contribution in [-0.2, 0) is 11.3 Å². The first kappa shape index (κ1) is 14.3. The first-order valence-electron chi connectivity index (χ1n) is 7.34. The number of rotatable bonds is 4. The number of hydrogen-bond donors (Lipinski definition) is 1. The summed E-state index contributed by atoms with van der Waals surface area (Å²) < 4.78 is 25.0. The lowest BCUT2D eigenvalue weighted by atomic mass is 10.1. The van der Waals surface area contributed by atoms with E-state index in [9.17, 15) is 4.39 Å². The van der Waals surface area contributed by atoms with Crippen LogP contribution < -0.4 is 5.32 Å². The SMILES string of the molecule is Cc1c(F)cccc1-c1ccc(CN[C@H]2CCO[C@@H]2C)o1. The van der Waals surface area contributed by atoms with Gasteiger partial charge in [0.15, 0.2) is 0 Å². The molecule has 1 aromatic heterocycles. The first-order valence-corrected chi connectivity index (χ1v) is 7.34. The Labute approximate surface area is 124 Å². The summed E-state index contributed by atoms with van der Waals surface area (Å²) in [7, 11) is 0. The van der Waals surface area contributed by atoms with Crippen molar-refractivity contribution in [2.75, 3.05) is 6.61 Å². The van der Waals surface area contributed by atoms with Gasteiger partial charge < -0.3 is 14.5 Å². The van der Waals surface area contributed by atoms with Crippen LogP contribution in [0.25, 0.3) is 11.3 Å². The maximum atomic E-state index is 13.6. The number of benzene rings is 1. The average Bonchev–Trinajstić information content (AvgIpc) is 3.09. The monoisotopic (exact) mass is 289 g/mol. The molecule has 1 N–H and O–H groups in total. The van der Waals surface area contributed by atoms with Crippen molar-refractivity contribution in [1.29, 1.82) is 0 Å². The highest BCUT2D eigenvalue weighted by molar-refractivity contribution is 5.62. The molecule has 0 saturated carbocycles. The summed E-state index contributed by atoms with van der Waals surface area (Å²) in [6.07, 6.45) is 1.27. The lowest BCUT2D eigenvalue weighted by molar-refractivity contribution is 0.112. The highest BCUT2D eigenvalue weighted by Crippen LogP contribution is 2.27. The molecule has 2 aromatic rings. The summed E-state index contributed by atoms with van der Waals surface area (Å²) in [5, 5.41) is 3.45. The topological polar surface area (TPSA) is 34.4 Å². The van der Waals surface area contributed by atoms with Crippen molar-refractivity contribution in [3.63, 3.8) is 0 Å². The molecule has 2 heterocycles. The number of ether oxygens (including phenoxy) is 1. The van der Waals surface area contributed by atoms with Crippen molar-refractivity contribution in [3.8, 4) is 11.3 Å². The zero-order valence-corrected chi connectivity index (χ0v) is 12.4. The maximum absolute atomic E-state index is 13.6. The molecular weight excluding hydrogens is 269 g/mol. The van der Waals surface area contributed by atoms with Crippen molar-refractivity contribution in [2.24, 2.45) is 0 Å². The second-order valence-corrected chi connectivity index (χ2v) is 5.53. The smallest absolute Gasteiger partial charge is 0.134 e. The maximum Gasteiger partial charge on any atom is 0.134 e. The standard InChI is InChI=1S/C17H20FNO2/c1-11-14(4-3-5-15(11)18)17-7-6-13(21-17)10-19-16-8-9-20-12(16)2/h3-7,12,16,19H,8-10H2,1-2H3/t12-,16+/m1/s1. The van der Waals surface area contributed by atoms with E-state index in [0.717, 1.165) is 24.4 Å². The van der Waals surface area contributed by atoms with Gasteiger partial charge in [0.1, 0.15) is 17.3 Å². The summed E-state index contributed by atoms with van der Waals surface area (Å²) in [4.78, 5) is 0. The van der Waals surface area contributed by atoms with Crippen LogP contribution >= 0.6 is 0 Å². The molecule has 4 heteroatoms. The fourth-order valence-corrected chi connectivity index (χ4v) is 2.72. The Bertz CT molecular complexity index is 623. The Morgan fingerprint density at radius 3 is 2.90 bits per heavy atom. The average molecular weight is 289 g/mol. The minimum atomic E-state index is -0.208. The molecule has 1 aliphatic rings. The Kier molecular flexibility index (Phi) is 4.08. The molecule has 112 valence electrons. The van der Waals surface area contributed by atoms with Crippen LogP contribution in [0.15, 0.2) is 34.7 Å². The molecule has 1 aliphatic heterocycles. The van der Waals surface area contributed by atoms with Gasteiger partial charge in [-0.15, -0.1) is 0 Å². The van der Waals surface area contributed by atoms with Crippen LogP contribution in [0.5, 0.6) is 0 Å². The van der Waals surface area contributed by atoms with E-state index in [0.29, 0.717) is 23.9 Å². The van der Waals surface area contributed by atoms with Crippen molar-refractivity contribution < 1.29 is 13.5 Å². The van der Waals surface area contributed by atoms with E-state index in [1.54, 1.807) is 13.0 Å². The first-order chi connectivity index (χ1) is 10.1. The zero-order valence-electron chi connectivity index (χ0n) is 12.4. The van der Waals surface area contributed by atoms with E-state index in [1.165, 1.54) is 6.07 Å². The Morgan fingerprint density at radius 2 is 2.14 bits per heavy atom. The summed E-state index contributed by atoms with van der Waals surface area (Å²) >= 11 is 0. The van der Waals surface area contributed by atoms with Gasteiger partial charge in [-0.3, -0.25) is 0 Å². The van der Waals surface area contributed by atoms with E-state index in [-0.39, 0.29) is 11.9 Å². The largest absolute Gasteiger partial charge is 0.460 e. The van der Waals surface area contributed by atoms with Gasteiger partial charge in [0, 0.05) is 18.2 Å². The van der Waals surface area contributed by atoms with E-state index in [2.05, 4.69) is 12.2 Å². The quantitative estimate of drug-likeness (QED) is 0.932. The van der Waals surface area contributed by atoms with E-state index in [4.69, 9.17) is 9.15 Å². The van der Waals surface area contributed by atoms with Crippen LogP contribution in [0.1, 0.15) is 24.7 Å². The third kappa shape index (κ3) is 3.01. The van der Waals surface area contributed by atoms with Crippen molar-refractivity contribution >= 4 is 0 Å². The Hall–Kier alpha value is -1.65. The van der Waals surface area contributed by atoms with Gasteiger partial charge in [-0.25, -0.2) is 4.39 Å². The molecule has 3 nitrogen and oxygen atoms in total. The van der Waals surface area contributed by atoms with Crippen molar-refractivity contribution in [2.45, 2.75) is 39.0 Å². The third-order valence-electron chi connectivity index (χ3n) is 4.11. The molecule has 1 fully saturated rings. The van der Waals surface area contributed by atoms with Gasteiger partial charge in [0.05, 0.1) is 12.6 Å². The molecule has 3 rings (SSSR count). The van der Waals surface area contributed by atoms with Crippen molar-refractivity contribution in [1.82, 2.24) is 5.32 Å². The van der Waals surface area contributed by atoms with Crippen molar-refractivity contribution in [3.05, 3.63) is 47.5 Å². The molecule has 0 bridgehead atoms. The molecule has 0 aliphatic carbocycles. The van der Waals surface area contributed by atoms with E-state index >= 15 is 0 Å². The zero-order chi connectivity index (χ0) is 14.8. The lowest BCUT2D eigenvalue weighted by Gasteiger charge is -2.14. The number of halogens is 1. The third-order valence-corrected chi connectivity index (χ3v) is 4.11. The normalized spacial score (nSPS) is 21.9. The molecule has 0 unspecified atom stereocenters. The second kappa shape index (κ2) is 6.00. The molecule has 0 amide bonds. The minimum absolute atomic E-state index is 0.208. The Balaban J connectivity index is 1.70. The molecule has 2 atom stereocenters. The Morgan fingerprint density at radius 1 is 1.29 bits per heavy atom. The number of furan rings is 1. The molecule has 1 aromatic carbocycles. The highest BCUT2D eigenvalue weighted by atomic mass is 19.1. The predicted molar refractivity (Wildman–Crippen MR) is 79.5 cm³/mol. The fourth-order valence-electron chi connectivity index (χ4n) is 2.72. The fraction of sp³-hybridized carbons (Fsp3) is 0.412. The number of nitrogens with one attached hydrogen (secondary N) is 1. The minimum Gasteiger partial charge on any atom is -0.460 e. The van der Waals surface area contributed by atoms with Gasteiger partial charge in [-0.2, -0.15) is 0 Å². The molecule has 0 radical (unpaired) electrons. The van der Waals surface area contributed by atoms with E-state index < -0.39 is 0 Å². The summed E-state index contributed by atoms with van der Waals surface area (Å²) in [6.45, 7) is 5.31. The van der Waals surface area contributed by atoms with E-state index in [1.807, 2.05) is 18.2 Å². The molecular formula is C17H20FNO2. The summed E-state index contributed by atoms with van der Waals surface area (Å²) in [6, 6.07) is 9.25.